The number of benzene rings is 1. The summed E-state index contributed by atoms with van der Waals surface area (Å²) in [5, 5.41) is 11.5. The lowest BCUT2D eigenvalue weighted by Gasteiger charge is -2.18. The molecule has 0 aliphatic heterocycles. The number of nitrogens with one attached hydrogen (secondary N) is 1. The van der Waals surface area contributed by atoms with E-state index >= 15 is 0 Å². The molecule has 0 saturated heterocycles. The first-order valence-corrected chi connectivity index (χ1v) is 6.84. The minimum absolute atomic E-state index is 0.0251. The number of carbonyl (C=O) groups is 2. The predicted molar refractivity (Wildman–Crippen MR) is 78.3 cm³/mol. The van der Waals surface area contributed by atoms with Gasteiger partial charge < -0.3 is 16.2 Å². The highest BCUT2D eigenvalue weighted by Gasteiger charge is 2.18. The van der Waals surface area contributed by atoms with E-state index < -0.39 is 17.7 Å². The number of carboxylic acids is 1. The molecule has 1 rings (SSSR count). The molecular weight excluding hydrogens is 275 g/mol. The van der Waals surface area contributed by atoms with E-state index in [4.69, 9.17) is 10.8 Å². The summed E-state index contributed by atoms with van der Waals surface area (Å²) >= 11 is 0. The summed E-state index contributed by atoms with van der Waals surface area (Å²) in [6.07, 6.45) is 0.652. The van der Waals surface area contributed by atoms with Gasteiger partial charge in [0.2, 0.25) is 0 Å². The first-order valence-electron chi connectivity index (χ1n) is 6.84. The van der Waals surface area contributed by atoms with E-state index in [9.17, 15) is 14.0 Å². The number of aliphatic carboxylic acids is 1. The molecule has 0 aliphatic carbocycles. The van der Waals surface area contributed by atoms with Crippen LogP contribution in [0.4, 0.5) is 10.1 Å². The number of anilines is 1. The van der Waals surface area contributed by atoms with Gasteiger partial charge in [0.1, 0.15) is 5.82 Å². The van der Waals surface area contributed by atoms with E-state index in [1.54, 1.807) is 0 Å². The zero-order chi connectivity index (χ0) is 16.0. The van der Waals surface area contributed by atoms with Crippen molar-refractivity contribution in [3.8, 4) is 0 Å². The number of hydrogen-bond acceptors (Lipinski definition) is 3. The van der Waals surface area contributed by atoms with Crippen LogP contribution < -0.4 is 11.1 Å². The minimum Gasteiger partial charge on any atom is -0.481 e. The molecule has 1 aromatic carbocycles. The van der Waals surface area contributed by atoms with Crippen LogP contribution in [0.25, 0.3) is 0 Å². The Hall–Kier alpha value is -2.11. The molecule has 0 radical (unpaired) electrons. The molecule has 5 nitrogen and oxygen atoms in total. The smallest absolute Gasteiger partial charge is 0.303 e. The first-order chi connectivity index (χ1) is 9.79. The van der Waals surface area contributed by atoms with Crippen molar-refractivity contribution >= 4 is 17.6 Å². The molecular formula is C15H21FN2O3. The quantitative estimate of drug-likeness (QED) is 0.673. The van der Waals surface area contributed by atoms with Crippen molar-refractivity contribution in [1.82, 2.24) is 5.32 Å². The zero-order valence-corrected chi connectivity index (χ0v) is 12.2. The second kappa shape index (κ2) is 7.61. The lowest BCUT2D eigenvalue weighted by Crippen LogP contribution is -2.31. The van der Waals surface area contributed by atoms with Crippen LogP contribution in [-0.2, 0) is 4.79 Å². The maximum atomic E-state index is 13.6. The molecule has 0 bridgehead atoms. The Morgan fingerprint density at radius 3 is 2.57 bits per heavy atom. The number of rotatable bonds is 7. The highest BCUT2D eigenvalue weighted by molar-refractivity contribution is 5.94. The maximum Gasteiger partial charge on any atom is 0.303 e. The summed E-state index contributed by atoms with van der Waals surface area (Å²) in [6, 6.07) is 3.84. The summed E-state index contributed by atoms with van der Waals surface area (Å²) in [4.78, 5) is 22.7. The SMILES string of the molecule is CC(C)C[C@H](CNC(=O)c1ccc(N)cc1F)CC(=O)O. The molecule has 1 atom stereocenters. The molecule has 0 unspecified atom stereocenters. The second-order valence-electron chi connectivity index (χ2n) is 5.54. The van der Waals surface area contributed by atoms with E-state index in [1.165, 1.54) is 12.1 Å². The average Bonchev–Trinajstić information content (AvgIpc) is 2.34. The van der Waals surface area contributed by atoms with Crippen LogP contribution in [0.5, 0.6) is 0 Å². The van der Waals surface area contributed by atoms with E-state index in [0.29, 0.717) is 12.3 Å². The molecule has 0 aliphatic rings. The van der Waals surface area contributed by atoms with Crippen LogP contribution in [-0.4, -0.2) is 23.5 Å². The van der Waals surface area contributed by atoms with Gasteiger partial charge in [-0.3, -0.25) is 9.59 Å². The molecule has 4 N–H and O–H groups in total. The van der Waals surface area contributed by atoms with Crippen LogP contribution in [0, 0.1) is 17.7 Å². The summed E-state index contributed by atoms with van der Waals surface area (Å²) in [6.45, 7) is 4.17. The Labute approximate surface area is 123 Å². The molecule has 1 amide bonds. The molecule has 0 aromatic heterocycles. The number of amides is 1. The molecule has 0 heterocycles. The summed E-state index contributed by atoms with van der Waals surface area (Å²) in [5.74, 6) is -2.02. The highest BCUT2D eigenvalue weighted by Crippen LogP contribution is 2.16. The number of carboxylic acid groups (broad SMARTS) is 1. The lowest BCUT2D eigenvalue weighted by molar-refractivity contribution is -0.138. The van der Waals surface area contributed by atoms with Crippen LogP contribution in [0.3, 0.4) is 0 Å². The number of carbonyl (C=O) groups excluding carboxylic acids is 1. The third-order valence-electron chi connectivity index (χ3n) is 3.06. The largest absolute Gasteiger partial charge is 0.481 e. The van der Waals surface area contributed by atoms with Crippen molar-refractivity contribution in [2.24, 2.45) is 11.8 Å². The van der Waals surface area contributed by atoms with E-state index in [1.807, 2.05) is 13.8 Å². The van der Waals surface area contributed by atoms with Gasteiger partial charge in [-0.15, -0.1) is 0 Å². The first kappa shape index (κ1) is 16.9. The van der Waals surface area contributed by atoms with Crippen molar-refractivity contribution < 1.29 is 19.1 Å². The van der Waals surface area contributed by atoms with Crippen molar-refractivity contribution in [2.45, 2.75) is 26.7 Å². The number of nitrogen functional groups attached to an aromatic ring is 1. The predicted octanol–water partition coefficient (Wildman–Crippen LogP) is 2.27. The Morgan fingerprint density at radius 2 is 2.05 bits per heavy atom. The number of halogens is 1. The van der Waals surface area contributed by atoms with Crippen LogP contribution in [0.2, 0.25) is 0 Å². The normalized spacial score (nSPS) is 12.2. The molecule has 0 saturated carbocycles. The summed E-state index contributed by atoms with van der Waals surface area (Å²) < 4.78 is 13.6. The molecule has 0 spiro atoms. The molecule has 116 valence electrons. The fourth-order valence-electron chi connectivity index (χ4n) is 2.20. The molecule has 1 aromatic rings. The summed E-state index contributed by atoms with van der Waals surface area (Å²) in [5.41, 5.74) is 5.57. The Balaban J connectivity index is 2.65. The van der Waals surface area contributed by atoms with E-state index in [-0.39, 0.29) is 30.1 Å². The fraction of sp³-hybridized carbons (Fsp3) is 0.467. The van der Waals surface area contributed by atoms with E-state index in [2.05, 4.69) is 5.32 Å². The number of nitrogens with two attached hydrogens (primary N) is 1. The van der Waals surface area contributed by atoms with Gasteiger partial charge in [0.15, 0.2) is 0 Å². The molecule has 6 heteroatoms. The maximum absolute atomic E-state index is 13.6. The Bertz CT molecular complexity index is 518. The zero-order valence-electron chi connectivity index (χ0n) is 12.2. The number of hydrogen-bond donors (Lipinski definition) is 3. The monoisotopic (exact) mass is 296 g/mol. The third-order valence-corrected chi connectivity index (χ3v) is 3.06. The Morgan fingerprint density at radius 1 is 1.38 bits per heavy atom. The van der Waals surface area contributed by atoms with Crippen molar-refractivity contribution in [1.29, 1.82) is 0 Å². The average molecular weight is 296 g/mol. The van der Waals surface area contributed by atoms with Gasteiger partial charge in [-0.1, -0.05) is 13.8 Å². The fourth-order valence-corrected chi connectivity index (χ4v) is 2.20. The van der Waals surface area contributed by atoms with Crippen molar-refractivity contribution in [3.63, 3.8) is 0 Å². The Kier molecular flexibility index (Phi) is 6.14. The van der Waals surface area contributed by atoms with Gasteiger partial charge in [0.05, 0.1) is 5.56 Å². The van der Waals surface area contributed by atoms with Gasteiger partial charge in [0.25, 0.3) is 5.91 Å². The van der Waals surface area contributed by atoms with Gasteiger partial charge in [-0.25, -0.2) is 4.39 Å². The summed E-state index contributed by atoms with van der Waals surface area (Å²) in [7, 11) is 0. The van der Waals surface area contributed by atoms with Gasteiger partial charge >= 0.3 is 5.97 Å². The third kappa shape index (κ3) is 5.81. The molecule has 0 fully saturated rings. The second-order valence-corrected chi connectivity index (χ2v) is 5.54. The van der Waals surface area contributed by atoms with E-state index in [0.717, 1.165) is 6.07 Å². The van der Waals surface area contributed by atoms with Crippen LogP contribution >= 0.6 is 0 Å². The van der Waals surface area contributed by atoms with Gasteiger partial charge in [-0.05, 0) is 36.5 Å². The van der Waals surface area contributed by atoms with Crippen LogP contribution in [0.1, 0.15) is 37.0 Å². The minimum atomic E-state index is -0.909. The van der Waals surface area contributed by atoms with Gasteiger partial charge in [0, 0.05) is 18.7 Å². The van der Waals surface area contributed by atoms with Crippen molar-refractivity contribution in [3.05, 3.63) is 29.6 Å². The van der Waals surface area contributed by atoms with Crippen molar-refractivity contribution in [2.75, 3.05) is 12.3 Å². The standard InChI is InChI=1S/C15H21FN2O3/c1-9(2)5-10(6-14(19)20)8-18-15(21)12-4-3-11(17)7-13(12)16/h3-4,7,9-10H,5-6,8,17H2,1-2H3,(H,18,21)(H,19,20)/t10-/m0/s1. The highest BCUT2D eigenvalue weighted by atomic mass is 19.1. The molecule has 21 heavy (non-hydrogen) atoms. The topological polar surface area (TPSA) is 92.4 Å². The lowest BCUT2D eigenvalue weighted by atomic mass is 9.94. The van der Waals surface area contributed by atoms with Gasteiger partial charge in [-0.2, -0.15) is 0 Å². The van der Waals surface area contributed by atoms with Crippen LogP contribution in [0.15, 0.2) is 18.2 Å².